The van der Waals surface area contributed by atoms with Crippen LogP contribution in [0.15, 0.2) is 0 Å². The van der Waals surface area contributed by atoms with Gasteiger partial charge in [0.2, 0.25) is 0 Å². The van der Waals surface area contributed by atoms with Crippen molar-refractivity contribution in [1.29, 1.82) is 0 Å². The zero-order valence-corrected chi connectivity index (χ0v) is 4.36. The van der Waals surface area contributed by atoms with Gasteiger partial charge in [0, 0.05) is 12.7 Å². The number of nitrogens with one attached hydrogen (secondary N) is 1. The Labute approximate surface area is 38.7 Å². The Kier molecular flexibility index (Phi) is 3.08. The highest BCUT2D eigenvalue weighted by atomic mass is 15.0. The molecule has 0 aromatic carbocycles. The summed E-state index contributed by atoms with van der Waals surface area (Å²) in [5.41, 5.74) is 5.12. The highest BCUT2D eigenvalue weighted by Crippen LogP contribution is 1.68. The van der Waals surface area contributed by atoms with Gasteiger partial charge >= 0.3 is 0 Å². The first kappa shape index (κ1) is 5.92. The Morgan fingerprint density at radius 2 is 2.17 bits per heavy atom. The van der Waals surface area contributed by atoms with Gasteiger partial charge < -0.3 is 11.1 Å². The molecule has 0 aromatic rings. The molecule has 0 amide bonds. The van der Waals surface area contributed by atoms with Crippen molar-refractivity contribution >= 4 is 0 Å². The number of hydrogen-bond donors (Lipinski definition) is 2. The van der Waals surface area contributed by atoms with Crippen molar-refractivity contribution in [1.82, 2.24) is 5.32 Å². The smallest absolute Gasteiger partial charge is 0.0430 e. The topological polar surface area (TPSA) is 38.0 Å². The van der Waals surface area contributed by atoms with E-state index in [0.717, 1.165) is 0 Å². The molecule has 0 rings (SSSR count). The van der Waals surface area contributed by atoms with Gasteiger partial charge in [0.05, 0.1) is 0 Å². The molecule has 2 heteroatoms. The number of rotatable bonds is 2. The van der Waals surface area contributed by atoms with Crippen LogP contribution >= 0.6 is 0 Å². The first-order valence-corrected chi connectivity index (χ1v) is 2.21. The first-order chi connectivity index (χ1) is 2.77. The zero-order chi connectivity index (χ0) is 4.99. The molecule has 2 nitrogen and oxygen atoms in total. The summed E-state index contributed by atoms with van der Waals surface area (Å²) in [5, 5.41) is 2.99. The van der Waals surface area contributed by atoms with Crippen LogP contribution in [0.2, 0.25) is 0 Å². The van der Waals surface area contributed by atoms with E-state index in [0.29, 0.717) is 12.7 Å². The molecule has 0 unspecified atom stereocenters. The Hall–Kier alpha value is -0.0800. The van der Waals surface area contributed by atoms with E-state index < -0.39 is 0 Å². The van der Waals surface area contributed by atoms with Gasteiger partial charge in [-0.05, 0) is 13.8 Å². The summed E-state index contributed by atoms with van der Waals surface area (Å²) in [5.74, 6) is 0. The summed E-state index contributed by atoms with van der Waals surface area (Å²) in [7, 11) is 0. The summed E-state index contributed by atoms with van der Waals surface area (Å²) >= 11 is 0. The first-order valence-electron chi connectivity index (χ1n) is 2.21. The third kappa shape index (κ3) is 3.92. The minimum Gasteiger partial charge on any atom is -0.318 e. The van der Waals surface area contributed by atoms with Crippen molar-refractivity contribution < 1.29 is 0 Å². The van der Waals surface area contributed by atoms with Gasteiger partial charge in [-0.15, -0.1) is 0 Å². The van der Waals surface area contributed by atoms with E-state index in [1.54, 1.807) is 0 Å². The van der Waals surface area contributed by atoms with Crippen LogP contribution < -0.4 is 11.1 Å². The van der Waals surface area contributed by atoms with Gasteiger partial charge in [0.15, 0.2) is 0 Å². The Morgan fingerprint density at radius 1 is 1.67 bits per heavy atom. The van der Waals surface area contributed by atoms with Crippen molar-refractivity contribution in [3.05, 3.63) is 0 Å². The lowest BCUT2D eigenvalue weighted by atomic mass is 10.4. The van der Waals surface area contributed by atoms with Crippen molar-refractivity contribution in [3.63, 3.8) is 0 Å². The molecular weight excluding hydrogens is 76.1 g/mol. The average molecular weight is 88.2 g/mol. The standard InChI is InChI=1S/C4H12N2/c1-4(2)6-3-5/h4,6H,3,5H2,1-2H3. The Balaban J connectivity index is 2.63. The fourth-order valence-electron chi connectivity index (χ4n) is 0.236. The minimum absolute atomic E-state index is 0.523. The van der Waals surface area contributed by atoms with E-state index in [4.69, 9.17) is 5.73 Å². The molecule has 0 aliphatic rings. The Bertz CT molecular complexity index is 26.7. The second-order valence-electron chi connectivity index (χ2n) is 1.56. The monoisotopic (exact) mass is 88.1 g/mol. The number of hydrogen-bond acceptors (Lipinski definition) is 2. The molecule has 0 fully saturated rings. The zero-order valence-electron chi connectivity index (χ0n) is 4.36. The quantitative estimate of drug-likeness (QED) is 0.463. The van der Waals surface area contributed by atoms with Crippen LogP contribution in [0.3, 0.4) is 0 Å². The Morgan fingerprint density at radius 3 is 2.17 bits per heavy atom. The van der Waals surface area contributed by atoms with Crippen LogP contribution in [-0.2, 0) is 0 Å². The molecule has 0 bridgehead atoms. The summed E-state index contributed by atoms with van der Waals surface area (Å²) in [6, 6.07) is 0.523. The molecule has 0 heterocycles. The lowest BCUT2D eigenvalue weighted by molar-refractivity contribution is 0.602. The van der Waals surface area contributed by atoms with Gasteiger partial charge in [0.1, 0.15) is 0 Å². The maximum atomic E-state index is 5.12. The van der Waals surface area contributed by atoms with Gasteiger partial charge in [0.25, 0.3) is 0 Å². The van der Waals surface area contributed by atoms with Gasteiger partial charge in [-0.2, -0.15) is 0 Å². The summed E-state index contributed by atoms with van der Waals surface area (Å²) in [6.07, 6.45) is 0. The minimum atomic E-state index is 0.523. The molecule has 0 saturated heterocycles. The van der Waals surface area contributed by atoms with E-state index in [1.165, 1.54) is 0 Å². The third-order valence-corrected chi connectivity index (χ3v) is 0.526. The molecule has 0 aliphatic carbocycles. The molecule has 0 aliphatic heterocycles. The van der Waals surface area contributed by atoms with Gasteiger partial charge in [-0.1, -0.05) is 0 Å². The average Bonchev–Trinajstić information content (AvgIpc) is 1.35. The fraction of sp³-hybridized carbons (Fsp3) is 1.00. The van der Waals surface area contributed by atoms with Crippen LogP contribution in [-0.4, -0.2) is 12.7 Å². The molecule has 3 N–H and O–H groups in total. The summed E-state index contributed by atoms with van der Waals surface area (Å²) < 4.78 is 0. The molecule has 0 atom stereocenters. The third-order valence-electron chi connectivity index (χ3n) is 0.526. The molecule has 0 aromatic heterocycles. The van der Waals surface area contributed by atoms with Crippen LogP contribution in [0.1, 0.15) is 13.8 Å². The van der Waals surface area contributed by atoms with E-state index in [2.05, 4.69) is 19.2 Å². The molecule has 0 spiro atoms. The molecular formula is C4H12N2. The number of nitrogens with two attached hydrogens (primary N) is 1. The van der Waals surface area contributed by atoms with Gasteiger partial charge in [-0.25, -0.2) is 0 Å². The van der Waals surface area contributed by atoms with E-state index in [-0.39, 0.29) is 0 Å². The molecule has 6 heavy (non-hydrogen) atoms. The molecule has 0 radical (unpaired) electrons. The fourth-order valence-corrected chi connectivity index (χ4v) is 0.236. The SMILES string of the molecule is CC(C)NCN. The van der Waals surface area contributed by atoms with Crippen LogP contribution in [0.4, 0.5) is 0 Å². The van der Waals surface area contributed by atoms with Gasteiger partial charge in [-0.3, -0.25) is 0 Å². The highest BCUT2D eigenvalue weighted by Gasteiger charge is 1.82. The van der Waals surface area contributed by atoms with Crippen molar-refractivity contribution in [2.24, 2.45) is 5.73 Å². The second-order valence-corrected chi connectivity index (χ2v) is 1.56. The highest BCUT2D eigenvalue weighted by molar-refractivity contribution is 4.45. The van der Waals surface area contributed by atoms with Crippen LogP contribution in [0.5, 0.6) is 0 Å². The maximum Gasteiger partial charge on any atom is 0.0430 e. The van der Waals surface area contributed by atoms with Crippen LogP contribution in [0.25, 0.3) is 0 Å². The predicted octanol–water partition coefficient (Wildman–Crippen LogP) is -0.0994. The normalized spacial score (nSPS) is 10.0. The lowest BCUT2D eigenvalue weighted by Crippen LogP contribution is -2.28. The molecule has 38 valence electrons. The van der Waals surface area contributed by atoms with Crippen molar-refractivity contribution in [2.45, 2.75) is 19.9 Å². The van der Waals surface area contributed by atoms with E-state index in [9.17, 15) is 0 Å². The maximum absolute atomic E-state index is 5.12. The molecule has 0 saturated carbocycles. The predicted molar refractivity (Wildman–Crippen MR) is 27.3 cm³/mol. The lowest BCUT2D eigenvalue weighted by Gasteiger charge is -2.00. The van der Waals surface area contributed by atoms with Crippen molar-refractivity contribution in [3.8, 4) is 0 Å². The summed E-state index contributed by atoms with van der Waals surface area (Å²) in [6.45, 7) is 4.71. The van der Waals surface area contributed by atoms with Crippen molar-refractivity contribution in [2.75, 3.05) is 6.67 Å². The van der Waals surface area contributed by atoms with E-state index in [1.807, 2.05) is 0 Å². The summed E-state index contributed by atoms with van der Waals surface area (Å²) in [4.78, 5) is 0. The second kappa shape index (κ2) is 3.12. The van der Waals surface area contributed by atoms with E-state index >= 15 is 0 Å². The van der Waals surface area contributed by atoms with Crippen LogP contribution in [0, 0.1) is 0 Å². The largest absolute Gasteiger partial charge is 0.318 e.